The number of hydrogen-bond acceptors (Lipinski definition) is 3. The smallest absolute Gasteiger partial charge is 0.224 e. The van der Waals surface area contributed by atoms with Crippen LogP contribution < -0.4 is 14.8 Å². The largest absolute Gasteiger partial charge is 0.497 e. The van der Waals surface area contributed by atoms with Gasteiger partial charge in [-0.25, -0.2) is 0 Å². The zero-order valence-electron chi connectivity index (χ0n) is 9.50. The van der Waals surface area contributed by atoms with Gasteiger partial charge < -0.3 is 14.8 Å². The highest BCUT2D eigenvalue weighted by molar-refractivity contribution is 5.93. The van der Waals surface area contributed by atoms with Crippen LogP contribution in [0.3, 0.4) is 0 Å². The molecule has 0 aromatic heterocycles. The first-order chi connectivity index (χ1) is 7.74. The van der Waals surface area contributed by atoms with Crippen LogP contribution in [0.2, 0.25) is 0 Å². The van der Waals surface area contributed by atoms with E-state index in [1.54, 1.807) is 14.2 Å². The van der Waals surface area contributed by atoms with Crippen LogP contribution in [0.25, 0.3) is 0 Å². The number of carbonyl (C=O) groups excluding carboxylic acids is 1. The van der Waals surface area contributed by atoms with Gasteiger partial charge in [-0.3, -0.25) is 4.79 Å². The Hall–Kier alpha value is -1.71. The minimum Gasteiger partial charge on any atom is -0.497 e. The van der Waals surface area contributed by atoms with E-state index in [4.69, 9.17) is 9.47 Å². The van der Waals surface area contributed by atoms with Crippen molar-refractivity contribution in [3.63, 3.8) is 0 Å². The molecule has 0 atom stereocenters. The maximum absolute atomic E-state index is 11.5. The van der Waals surface area contributed by atoms with E-state index in [1.807, 2.05) is 12.1 Å². The second-order valence-corrected chi connectivity index (χ2v) is 3.76. The van der Waals surface area contributed by atoms with Crippen molar-refractivity contribution in [2.75, 3.05) is 19.5 Å². The average molecular weight is 221 g/mol. The fourth-order valence-corrected chi connectivity index (χ4v) is 1.93. The maximum Gasteiger partial charge on any atom is 0.224 e. The number of carbonyl (C=O) groups is 1. The zero-order valence-corrected chi connectivity index (χ0v) is 9.50. The Morgan fingerprint density at radius 2 is 2.00 bits per heavy atom. The minimum atomic E-state index is 0.0501. The Labute approximate surface area is 94.6 Å². The Bertz CT molecular complexity index is 415. The Kier molecular flexibility index (Phi) is 2.99. The molecule has 0 fully saturated rings. The third-order valence-electron chi connectivity index (χ3n) is 2.74. The molecular formula is C12H15NO3. The summed E-state index contributed by atoms with van der Waals surface area (Å²) in [4.78, 5) is 11.5. The molecule has 16 heavy (non-hydrogen) atoms. The molecule has 1 heterocycles. The molecule has 86 valence electrons. The predicted octanol–water partition coefficient (Wildman–Crippen LogP) is 1.98. The van der Waals surface area contributed by atoms with Crippen LogP contribution in [0.4, 0.5) is 5.69 Å². The molecule has 1 aliphatic heterocycles. The van der Waals surface area contributed by atoms with Crippen molar-refractivity contribution in [2.45, 2.75) is 19.3 Å². The number of anilines is 1. The summed E-state index contributed by atoms with van der Waals surface area (Å²) in [5, 5.41) is 2.87. The topological polar surface area (TPSA) is 47.6 Å². The van der Waals surface area contributed by atoms with Crippen molar-refractivity contribution in [2.24, 2.45) is 0 Å². The molecule has 1 amide bonds. The van der Waals surface area contributed by atoms with Gasteiger partial charge in [-0.15, -0.1) is 0 Å². The molecule has 1 aliphatic rings. The number of fused-ring (bicyclic) bond motifs is 1. The van der Waals surface area contributed by atoms with Crippen molar-refractivity contribution in [1.29, 1.82) is 0 Å². The van der Waals surface area contributed by atoms with E-state index in [9.17, 15) is 4.79 Å². The average Bonchev–Trinajstić information content (AvgIpc) is 2.48. The molecule has 0 radical (unpaired) electrons. The summed E-state index contributed by atoms with van der Waals surface area (Å²) in [5.74, 6) is 1.52. The van der Waals surface area contributed by atoms with Gasteiger partial charge in [-0.1, -0.05) is 0 Å². The summed E-state index contributed by atoms with van der Waals surface area (Å²) in [7, 11) is 3.22. The fraction of sp³-hybridized carbons (Fsp3) is 0.417. The first kappa shape index (κ1) is 10.8. The van der Waals surface area contributed by atoms with Gasteiger partial charge >= 0.3 is 0 Å². The highest BCUT2D eigenvalue weighted by atomic mass is 16.5. The van der Waals surface area contributed by atoms with Crippen molar-refractivity contribution >= 4 is 11.6 Å². The standard InChI is InChI=1S/C12H15NO3/c1-15-8-6-10-9(11(7-8)16-2)4-3-5-12(14)13-10/h6-7H,3-5H2,1-2H3,(H,13,14). The first-order valence-corrected chi connectivity index (χ1v) is 5.29. The molecule has 0 bridgehead atoms. The lowest BCUT2D eigenvalue weighted by Gasteiger charge is -2.13. The number of ether oxygens (including phenoxy) is 2. The van der Waals surface area contributed by atoms with Crippen LogP contribution in [0, 0.1) is 0 Å². The Balaban J connectivity index is 2.49. The Morgan fingerprint density at radius 3 is 2.69 bits per heavy atom. The normalized spacial score (nSPS) is 14.8. The number of benzene rings is 1. The second-order valence-electron chi connectivity index (χ2n) is 3.76. The van der Waals surface area contributed by atoms with Crippen molar-refractivity contribution < 1.29 is 14.3 Å². The van der Waals surface area contributed by atoms with Gasteiger partial charge in [-0.05, 0) is 12.8 Å². The van der Waals surface area contributed by atoms with E-state index in [0.29, 0.717) is 12.2 Å². The molecule has 0 unspecified atom stereocenters. The summed E-state index contributed by atoms with van der Waals surface area (Å²) in [6.07, 6.45) is 2.25. The monoisotopic (exact) mass is 221 g/mol. The molecule has 4 heteroatoms. The summed E-state index contributed by atoms with van der Waals surface area (Å²) < 4.78 is 10.5. The molecular weight excluding hydrogens is 206 g/mol. The summed E-state index contributed by atoms with van der Waals surface area (Å²) in [5.41, 5.74) is 1.85. The van der Waals surface area contributed by atoms with Gasteiger partial charge in [0.2, 0.25) is 5.91 Å². The third-order valence-corrected chi connectivity index (χ3v) is 2.74. The van der Waals surface area contributed by atoms with Crippen LogP contribution in [-0.2, 0) is 11.2 Å². The first-order valence-electron chi connectivity index (χ1n) is 5.29. The molecule has 0 aliphatic carbocycles. The van der Waals surface area contributed by atoms with Crippen molar-refractivity contribution in [3.8, 4) is 11.5 Å². The summed E-state index contributed by atoms with van der Waals surface area (Å²) >= 11 is 0. The number of methoxy groups -OCH3 is 2. The van der Waals surface area contributed by atoms with Crippen LogP contribution in [-0.4, -0.2) is 20.1 Å². The van der Waals surface area contributed by atoms with Crippen LogP contribution >= 0.6 is 0 Å². The van der Waals surface area contributed by atoms with Crippen LogP contribution in [0.5, 0.6) is 11.5 Å². The molecule has 0 saturated heterocycles. The molecule has 4 nitrogen and oxygen atoms in total. The number of amides is 1. The van der Waals surface area contributed by atoms with Gasteiger partial charge in [0.25, 0.3) is 0 Å². The summed E-state index contributed by atoms with van der Waals surface area (Å²) in [6, 6.07) is 3.68. The number of hydrogen-bond donors (Lipinski definition) is 1. The van der Waals surface area contributed by atoms with Crippen LogP contribution in [0.1, 0.15) is 18.4 Å². The maximum atomic E-state index is 11.5. The van der Waals surface area contributed by atoms with Gasteiger partial charge in [-0.2, -0.15) is 0 Å². The van der Waals surface area contributed by atoms with E-state index in [1.165, 1.54) is 0 Å². The second kappa shape index (κ2) is 4.43. The molecule has 0 saturated carbocycles. The summed E-state index contributed by atoms with van der Waals surface area (Å²) in [6.45, 7) is 0. The lowest BCUT2D eigenvalue weighted by atomic mass is 10.1. The SMILES string of the molecule is COc1cc2c(c(OC)c1)CCCC(=O)N2. The highest BCUT2D eigenvalue weighted by Crippen LogP contribution is 2.35. The van der Waals surface area contributed by atoms with Gasteiger partial charge in [0.05, 0.1) is 19.9 Å². The Morgan fingerprint density at radius 1 is 1.19 bits per heavy atom. The molecule has 2 rings (SSSR count). The van der Waals surface area contributed by atoms with Gasteiger partial charge in [0.1, 0.15) is 11.5 Å². The minimum absolute atomic E-state index is 0.0501. The van der Waals surface area contributed by atoms with E-state index < -0.39 is 0 Å². The van der Waals surface area contributed by atoms with E-state index in [2.05, 4.69) is 5.32 Å². The quantitative estimate of drug-likeness (QED) is 0.830. The molecule has 0 spiro atoms. The fourth-order valence-electron chi connectivity index (χ4n) is 1.93. The van der Waals surface area contributed by atoms with Gasteiger partial charge in [0.15, 0.2) is 0 Å². The van der Waals surface area contributed by atoms with Crippen molar-refractivity contribution in [1.82, 2.24) is 0 Å². The van der Waals surface area contributed by atoms with Crippen molar-refractivity contribution in [3.05, 3.63) is 17.7 Å². The number of nitrogens with one attached hydrogen (secondary N) is 1. The lowest BCUT2D eigenvalue weighted by molar-refractivity contribution is -0.116. The predicted molar refractivity (Wildman–Crippen MR) is 61.1 cm³/mol. The van der Waals surface area contributed by atoms with Gasteiger partial charge in [0, 0.05) is 24.1 Å². The number of rotatable bonds is 2. The molecule has 1 aromatic rings. The van der Waals surface area contributed by atoms with E-state index >= 15 is 0 Å². The highest BCUT2D eigenvalue weighted by Gasteiger charge is 2.17. The van der Waals surface area contributed by atoms with Crippen LogP contribution in [0.15, 0.2) is 12.1 Å². The molecule has 1 N–H and O–H groups in total. The zero-order chi connectivity index (χ0) is 11.5. The molecule has 1 aromatic carbocycles. The van der Waals surface area contributed by atoms with E-state index in [0.717, 1.165) is 29.8 Å². The lowest BCUT2D eigenvalue weighted by Crippen LogP contribution is -2.09. The third kappa shape index (κ3) is 1.96. The van der Waals surface area contributed by atoms with E-state index in [-0.39, 0.29) is 5.91 Å².